The maximum atomic E-state index is 11.8. The molecule has 7 heteroatoms. The molecular formula is C19H18N2O5. The quantitative estimate of drug-likeness (QED) is 0.447. The number of carbonyl (C=O) groups is 2. The summed E-state index contributed by atoms with van der Waals surface area (Å²) < 4.78 is 10.6. The lowest BCUT2D eigenvalue weighted by Crippen LogP contribution is -2.27. The van der Waals surface area contributed by atoms with Gasteiger partial charge >= 0.3 is 5.97 Å². The highest BCUT2D eigenvalue weighted by molar-refractivity contribution is 6.01. The third-order valence-electron chi connectivity index (χ3n) is 3.36. The Bertz CT molecular complexity index is 844. The lowest BCUT2D eigenvalue weighted by molar-refractivity contribution is -0.117. The highest BCUT2D eigenvalue weighted by Gasteiger charge is 2.11. The molecule has 1 aromatic carbocycles. The van der Waals surface area contributed by atoms with Crippen LogP contribution in [-0.4, -0.2) is 36.7 Å². The molecule has 1 heterocycles. The van der Waals surface area contributed by atoms with Gasteiger partial charge in [-0.3, -0.25) is 4.79 Å². The maximum absolute atomic E-state index is 11.8. The van der Waals surface area contributed by atoms with Gasteiger partial charge in [-0.1, -0.05) is 12.1 Å². The van der Waals surface area contributed by atoms with Gasteiger partial charge in [-0.15, -0.1) is 0 Å². The number of aliphatic hydroxyl groups excluding tert-OH is 1. The predicted octanol–water partition coefficient (Wildman–Crippen LogP) is 2.14. The van der Waals surface area contributed by atoms with Crippen molar-refractivity contribution in [1.82, 2.24) is 5.32 Å². The van der Waals surface area contributed by atoms with Gasteiger partial charge in [0.1, 0.15) is 23.2 Å². The van der Waals surface area contributed by atoms with Crippen molar-refractivity contribution in [2.75, 3.05) is 19.8 Å². The van der Waals surface area contributed by atoms with Crippen molar-refractivity contribution in [2.45, 2.75) is 6.92 Å². The molecule has 0 fully saturated rings. The Morgan fingerprint density at radius 1 is 1.27 bits per heavy atom. The zero-order chi connectivity index (χ0) is 18.9. The topological polar surface area (TPSA) is 113 Å². The molecule has 0 spiro atoms. The van der Waals surface area contributed by atoms with E-state index in [4.69, 9.17) is 19.5 Å². The number of rotatable bonds is 7. The highest BCUT2D eigenvalue weighted by Crippen LogP contribution is 2.24. The van der Waals surface area contributed by atoms with Crippen molar-refractivity contribution in [3.63, 3.8) is 0 Å². The van der Waals surface area contributed by atoms with Crippen LogP contribution in [0.5, 0.6) is 0 Å². The molecule has 26 heavy (non-hydrogen) atoms. The molecule has 134 valence electrons. The largest absolute Gasteiger partial charge is 0.462 e. The van der Waals surface area contributed by atoms with Crippen LogP contribution < -0.4 is 5.32 Å². The Labute approximate surface area is 150 Å². The minimum absolute atomic E-state index is 0.0636. The van der Waals surface area contributed by atoms with Crippen LogP contribution >= 0.6 is 0 Å². The molecule has 7 nitrogen and oxygen atoms in total. The average molecular weight is 354 g/mol. The van der Waals surface area contributed by atoms with E-state index in [1.54, 1.807) is 49.4 Å². The zero-order valence-electron chi connectivity index (χ0n) is 14.2. The van der Waals surface area contributed by atoms with E-state index < -0.39 is 11.9 Å². The van der Waals surface area contributed by atoms with Crippen molar-refractivity contribution in [1.29, 1.82) is 5.26 Å². The summed E-state index contributed by atoms with van der Waals surface area (Å²) in [6.45, 7) is 1.90. The van der Waals surface area contributed by atoms with Crippen LogP contribution in [0.1, 0.15) is 23.0 Å². The standard InChI is InChI=1S/C19H18N2O5/c1-2-25-19(24)14-5-3-13(4-6-14)17-8-7-16(26-17)11-15(12-20)18(23)21-9-10-22/h3-8,11,22H,2,9-10H2,1H3,(H,21,23). The number of furan rings is 1. The first-order valence-electron chi connectivity index (χ1n) is 7.97. The van der Waals surface area contributed by atoms with Crippen LogP contribution in [0.25, 0.3) is 17.4 Å². The second-order valence-corrected chi connectivity index (χ2v) is 5.15. The lowest BCUT2D eigenvalue weighted by atomic mass is 10.1. The summed E-state index contributed by atoms with van der Waals surface area (Å²) in [5.41, 5.74) is 1.05. The smallest absolute Gasteiger partial charge is 0.338 e. The molecule has 2 rings (SSSR count). The van der Waals surface area contributed by atoms with Crippen molar-refractivity contribution >= 4 is 18.0 Å². The van der Waals surface area contributed by atoms with Crippen LogP contribution in [0.15, 0.2) is 46.4 Å². The Morgan fingerprint density at radius 3 is 2.62 bits per heavy atom. The van der Waals surface area contributed by atoms with Crippen molar-refractivity contribution in [2.24, 2.45) is 0 Å². The van der Waals surface area contributed by atoms with Gasteiger partial charge in [-0.05, 0) is 31.2 Å². The summed E-state index contributed by atoms with van der Waals surface area (Å²) in [7, 11) is 0. The molecule has 0 unspecified atom stereocenters. The lowest BCUT2D eigenvalue weighted by Gasteiger charge is -2.02. The zero-order valence-corrected chi connectivity index (χ0v) is 14.2. The van der Waals surface area contributed by atoms with Crippen LogP contribution in [0.4, 0.5) is 0 Å². The number of ether oxygens (including phenoxy) is 1. The number of nitrogens with one attached hydrogen (secondary N) is 1. The fourth-order valence-corrected chi connectivity index (χ4v) is 2.13. The molecule has 1 amide bonds. The fraction of sp³-hybridized carbons (Fsp3) is 0.211. The van der Waals surface area contributed by atoms with Gasteiger partial charge in [0.2, 0.25) is 0 Å². The molecule has 0 atom stereocenters. The van der Waals surface area contributed by atoms with Gasteiger partial charge in [0.25, 0.3) is 5.91 Å². The maximum Gasteiger partial charge on any atom is 0.338 e. The number of nitriles is 1. The summed E-state index contributed by atoms with van der Waals surface area (Å²) in [5.74, 6) is -0.113. The molecule has 0 aliphatic carbocycles. The first-order chi connectivity index (χ1) is 12.6. The Kier molecular flexibility index (Phi) is 6.71. The third kappa shape index (κ3) is 4.82. The van der Waals surface area contributed by atoms with Crippen LogP contribution in [-0.2, 0) is 9.53 Å². The number of benzene rings is 1. The van der Waals surface area contributed by atoms with E-state index in [1.165, 1.54) is 6.08 Å². The molecule has 0 radical (unpaired) electrons. The van der Waals surface area contributed by atoms with Crippen molar-refractivity contribution in [3.05, 3.63) is 53.3 Å². The molecule has 1 aromatic heterocycles. The third-order valence-corrected chi connectivity index (χ3v) is 3.36. The van der Waals surface area contributed by atoms with Gasteiger partial charge in [0.15, 0.2) is 0 Å². The highest BCUT2D eigenvalue weighted by atomic mass is 16.5. The second-order valence-electron chi connectivity index (χ2n) is 5.15. The van der Waals surface area contributed by atoms with Gasteiger partial charge in [-0.25, -0.2) is 4.79 Å². The van der Waals surface area contributed by atoms with Gasteiger partial charge in [0, 0.05) is 18.2 Å². The van der Waals surface area contributed by atoms with Gasteiger partial charge in [0.05, 0.1) is 18.8 Å². The van der Waals surface area contributed by atoms with E-state index in [1.807, 2.05) is 0 Å². The summed E-state index contributed by atoms with van der Waals surface area (Å²) in [6.07, 6.45) is 1.32. The first kappa shape index (κ1) is 19.0. The number of hydrogen-bond donors (Lipinski definition) is 2. The van der Waals surface area contributed by atoms with E-state index in [0.29, 0.717) is 23.7 Å². The van der Waals surface area contributed by atoms with E-state index in [-0.39, 0.29) is 18.7 Å². The number of hydrogen-bond acceptors (Lipinski definition) is 6. The number of nitrogens with zero attached hydrogens (tertiary/aromatic N) is 1. The summed E-state index contributed by atoms with van der Waals surface area (Å²) in [4.78, 5) is 23.4. The van der Waals surface area contributed by atoms with Gasteiger partial charge in [-0.2, -0.15) is 5.26 Å². The summed E-state index contributed by atoms with van der Waals surface area (Å²) >= 11 is 0. The minimum atomic E-state index is -0.585. The SMILES string of the molecule is CCOC(=O)c1ccc(-c2ccc(C=C(C#N)C(=O)NCCO)o2)cc1. The van der Waals surface area contributed by atoms with Crippen molar-refractivity contribution in [3.8, 4) is 17.4 Å². The normalized spacial score (nSPS) is 10.9. The first-order valence-corrected chi connectivity index (χ1v) is 7.97. The summed E-state index contributed by atoms with van der Waals surface area (Å²) in [5, 5.41) is 20.2. The molecule has 0 aliphatic rings. The predicted molar refractivity (Wildman–Crippen MR) is 93.8 cm³/mol. The molecule has 0 bridgehead atoms. The molecule has 0 saturated carbocycles. The Hall–Kier alpha value is -3.37. The monoisotopic (exact) mass is 354 g/mol. The average Bonchev–Trinajstić information content (AvgIpc) is 3.13. The number of amides is 1. The number of esters is 1. The Morgan fingerprint density at radius 2 is 2.00 bits per heavy atom. The van der Waals surface area contributed by atoms with E-state index >= 15 is 0 Å². The van der Waals surface area contributed by atoms with Crippen LogP contribution in [0, 0.1) is 11.3 Å². The van der Waals surface area contributed by atoms with Gasteiger partial charge < -0.3 is 19.6 Å². The molecular weight excluding hydrogens is 336 g/mol. The van der Waals surface area contributed by atoms with Crippen molar-refractivity contribution < 1.29 is 23.8 Å². The number of carbonyl (C=O) groups excluding carboxylic acids is 2. The van der Waals surface area contributed by atoms with Crippen LogP contribution in [0.3, 0.4) is 0 Å². The summed E-state index contributed by atoms with van der Waals surface area (Å²) in [6, 6.07) is 11.8. The Balaban J connectivity index is 2.16. The van der Waals surface area contributed by atoms with E-state index in [9.17, 15) is 9.59 Å². The molecule has 0 aliphatic heterocycles. The minimum Gasteiger partial charge on any atom is -0.462 e. The van der Waals surface area contributed by atoms with Crippen LogP contribution in [0.2, 0.25) is 0 Å². The van der Waals surface area contributed by atoms with E-state index in [2.05, 4.69) is 5.32 Å². The number of aliphatic hydroxyl groups is 1. The second kappa shape index (κ2) is 9.20. The molecule has 2 aromatic rings. The molecule has 2 N–H and O–H groups in total. The molecule has 0 saturated heterocycles. The fourth-order valence-electron chi connectivity index (χ4n) is 2.13. The van der Waals surface area contributed by atoms with E-state index in [0.717, 1.165) is 5.56 Å².